The Morgan fingerprint density at radius 2 is 1.40 bits per heavy atom. The molecule has 1 atom stereocenters. The minimum atomic E-state index is -5.22. The van der Waals surface area contributed by atoms with E-state index in [4.69, 9.17) is 0 Å². The van der Waals surface area contributed by atoms with Gasteiger partial charge in [-0.3, -0.25) is 4.79 Å². The normalized spacial score (nSPS) is 13.3. The Morgan fingerprint density at radius 3 is 2.02 bits per heavy atom. The highest BCUT2D eigenvalue weighted by Gasteiger charge is 2.43. The number of carbonyl (C=O) groups is 2. The quantitative estimate of drug-likeness (QED) is 0.137. The van der Waals surface area contributed by atoms with Crippen molar-refractivity contribution in [1.82, 2.24) is 5.32 Å². The Labute approximate surface area is 261 Å². The molecule has 4 nitrogen and oxygen atoms in total. The summed E-state index contributed by atoms with van der Waals surface area (Å²) in [5.74, 6) is -11.2. The van der Waals surface area contributed by atoms with Gasteiger partial charge in [0.15, 0.2) is 0 Å². The summed E-state index contributed by atoms with van der Waals surface area (Å²) in [4.78, 5) is 26.2. The van der Waals surface area contributed by atoms with Crippen LogP contribution in [0.1, 0.15) is 48.5 Å². The summed E-state index contributed by atoms with van der Waals surface area (Å²) in [5.41, 5.74) is -6.38. The maximum Gasteiger partial charge on any atom is 0.419 e. The lowest BCUT2D eigenvalue weighted by atomic mass is 9.76. The van der Waals surface area contributed by atoms with E-state index >= 15 is 4.39 Å². The predicted octanol–water partition coefficient (Wildman–Crippen LogP) is 8.27. The van der Waals surface area contributed by atoms with Crippen molar-refractivity contribution < 1.29 is 58.2 Å². The smallest absolute Gasteiger partial charge is 0.419 e. The fraction of sp³-hybridized carbons (Fsp3) is 0.212. The molecule has 14 heteroatoms. The molecular weight excluding hydrogens is 648 g/mol. The Kier molecular flexibility index (Phi) is 10.0. The number of hydrogen-bond acceptors (Lipinski definition) is 3. The summed E-state index contributed by atoms with van der Waals surface area (Å²) < 4.78 is 144. The Hall–Kier alpha value is -4.88. The molecule has 4 aromatic carbocycles. The van der Waals surface area contributed by atoms with Crippen molar-refractivity contribution in [3.63, 3.8) is 0 Å². The van der Waals surface area contributed by atoms with Crippen molar-refractivity contribution in [3.05, 3.63) is 141 Å². The second kappa shape index (κ2) is 13.5. The van der Waals surface area contributed by atoms with Gasteiger partial charge in [-0.15, -0.1) is 0 Å². The molecule has 0 bridgehead atoms. The number of hydrogen-bond donors (Lipinski definition) is 1. The Morgan fingerprint density at radius 1 is 0.745 bits per heavy atom. The second-order valence-electron chi connectivity index (χ2n) is 10.5. The molecule has 0 radical (unpaired) electrons. The van der Waals surface area contributed by atoms with Crippen LogP contribution in [0.15, 0.2) is 84.9 Å². The van der Waals surface area contributed by atoms with Crippen molar-refractivity contribution in [2.45, 2.75) is 36.9 Å². The maximum atomic E-state index is 15.2. The zero-order chi connectivity index (χ0) is 34.7. The van der Waals surface area contributed by atoms with Gasteiger partial charge in [0, 0.05) is 18.4 Å². The van der Waals surface area contributed by atoms with Crippen LogP contribution < -0.4 is 5.32 Å². The average molecular weight is 672 g/mol. The van der Waals surface area contributed by atoms with E-state index in [9.17, 15) is 49.1 Å². The molecule has 1 unspecified atom stereocenters. The first kappa shape index (κ1) is 35.0. The summed E-state index contributed by atoms with van der Waals surface area (Å²) >= 11 is 0. The maximum absolute atomic E-state index is 15.2. The largest absolute Gasteiger partial charge is 0.465 e. The van der Waals surface area contributed by atoms with Crippen LogP contribution in [0.5, 0.6) is 0 Å². The minimum absolute atomic E-state index is 0.211. The number of esters is 1. The summed E-state index contributed by atoms with van der Waals surface area (Å²) in [7, 11) is 0.933. The topological polar surface area (TPSA) is 55.4 Å². The fourth-order valence-corrected chi connectivity index (χ4v) is 5.02. The van der Waals surface area contributed by atoms with E-state index in [0.717, 1.165) is 43.5 Å². The van der Waals surface area contributed by atoms with Gasteiger partial charge in [-0.1, -0.05) is 42.5 Å². The molecule has 0 heterocycles. The van der Waals surface area contributed by atoms with Crippen LogP contribution >= 0.6 is 0 Å². The molecule has 0 saturated carbocycles. The number of nitrogens with one attached hydrogen (secondary N) is 1. The highest BCUT2D eigenvalue weighted by Crippen LogP contribution is 2.38. The molecule has 0 aliphatic carbocycles. The predicted molar refractivity (Wildman–Crippen MR) is 149 cm³/mol. The molecule has 0 fully saturated rings. The number of alkyl halides is 7. The highest BCUT2D eigenvalue weighted by atomic mass is 19.4. The van der Waals surface area contributed by atoms with Crippen LogP contribution in [-0.2, 0) is 29.3 Å². The zero-order valence-electron chi connectivity index (χ0n) is 24.1. The molecule has 0 aliphatic rings. The van der Waals surface area contributed by atoms with E-state index in [2.05, 4.69) is 10.1 Å². The third-order valence-corrected chi connectivity index (χ3v) is 7.25. The molecule has 4 rings (SSSR count). The molecule has 0 saturated heterocycles. The molecule has 248 valence electrons. The summed E-state index contributed by atoms with van der Waals surface area (Å²) in [6.07, 6.45) is -11.5. The van der Waals surface area contributed by atoms with Gasteiger partial charge >= 0.3 is 24.5 Å². The van der Waals surface area contributed by atoms with E-state index in [0.29, 0.717) is 17.7 Å². The number of benzene rings is 4. The first-order valence-electron chi connectivity index (χ1n) is 13.5. The lowest BCUT2D eigenvalue weighted by Gasteiger charge is -2.37. The molecule has 47 heavy (non-hydrogen) atoms. The number of methoxy groups -OCH3 is 1. The average Bonchev–Trinajstić information content (AvgIpc) is 3.00. The van der Waals surface area contributed by atoms with Gasteiger partial charge in [0.2, 0.25) is 0 Å². The van der Waals surface area contributed by atoms with E-state index < -0.39 is 94.1 Å². The number of halogens is 10. The van der Waals surface area contributed by atoms with Gasteiger partial charge in [-0.2, -0.15) is 22.0 Å². The first-order chi connectivity index (χ1) is 22.0. The lowest BCUT2D eigenvalue weighted by Crippen LogP contribution is -2.49. The zero-order valence-corrected chi connectivity index (χ0v) is 24.1. The molecule has 0 aliphatic heterocycles. The van der Waals surface area contributed by atoms with Crippen LogP contribution in [0, 0.1) is 17.5 Å². The van der Waals surface area contributed by atoms with Crippen LogP contribution in [-0.4, -0.2) is 31.3 Å². The molecule has 1 amide bonds. The second-order valence-corrected chi connectivity index (χ2v) is 10.5. The standard InChI is InChI=1S/C33H23F10NO3/c1-47-29(46)24-15-21(8-10-26(24)35)31(16-18-5-3-2-4-6-18,22-11-19(12-23(34)14-22)17-32(39,40)30(37)38)44-28(45)20-7-9-27(36)25(13-20)33(41,42)43/h2-15,30H,16-17H2,1H3,(H,44,45). The van der Waals surface area contributed by atoms with E-state index in [1.807, 2.05) is 0 Å². The van der Waals surface area contributed by atoms with Crippen LogP contribution in [0.3, 0.4) is 0 Å². The molecular formula is C33H23F10NO3. The van der Waals surface area contributed by atoms with Crippen LogP contribution in [0.2, 0.25) is 0 Å². The van der Waals surface area contributed by atoms with Gasteiger partial charge in [0.05, 0.1) is 23.8 Å². The first-order valence-corrected chi connectivity index (χ1v) is 13.5. The van der Waals surface area contributed by atoms with Crippen LogP contribution in [0.4, 0.5) is 43.9 Å². The monoisotopic (exact) mass is 671 g/mol. The number of ether oxygens (including phenoxy) is 1. The SMILES string of the molecule is COC(=O)c1cc(C(Cc2ccccc2)(NC(=O)c2ccc(F)c(C(F)(F)F)c2)c2cc(F)cc(CC(F)(F)C(F)F)c2)ccc1F. The third-order valence-electron chi connectivity index (χ3n) is 7.25. The summed E-state index contributed by atoms with van der Waals surface area (Å²) in [5, 5.41) is 2.46. The highest BCUT2D eigenvalue weighted by molar-refractivity contribution is 5.95. The van der Waals surface area contributed by atoms with Gasteiger partial charge in [0.25, 0.3) is 5.91 Å². The van der Waals surface area contributed by atoms with Crippen molar-refractivity contribution in [2.24, 2.45) is 0 Å². The van der Waals surface area contributed by atoms with Gasteiger partial charge < -0.3 is 10.1 Å². The van der Waals surface area contributed by atoms with E-state index in [1.165, 1.54) is 12.1 Å². The number of carbonyl (C=O) groups excluding carboxylic acids is 2. The summed E-state index contributed by atoms with van der Waals surface area (Å²) in [6.45, 7) is 0. The van der Waals surface area contributed by atoms with Crippen molar-refractivity contribution >= 4 is 11.9 Å². The minimum Gasteiger partial charge on any atom is -0.465 e. The summed E-state index contributed by atoms with van der Waals surface area (Å²) in [6, 6.07) is 13.9. The molecule has 0 aromatic heterocycles. The molecule has 4 aromatic rings. The van der Waals surface area contributed by atoms with Crippen molar-refractivity contribution in [1.29, 1.82) is 0 Å². The van der Waals surface area contributed by atoms with Crippen LogP contribution in [0.25, 0.3) is 0 Å². The van der Waals surface area contributed by atoms with E-state index in [-0.39, 0.29) is 11.6 Å². The number of amides is 1. The van der Waals surface area contributed by atoms with Crippen molar-refractivity contribution in [3.8, 4) is 0 Å². The Balaban J connectivity index is 2.04. The van der Waals surface area contributed by atoms with Gasteiger partial charge in [-0.05, 0) is 64.7 Å². The van der Waals surface area contributed by atoms with Gasteiger partial charge in [0.1, 0.15) is 17.5 Å². The Bertz CT molecular complexity index is 1780. The molecule has 1 N–H and O–H groups in total. The lowest BCUT2D eigenvalue weighted by molar-refractivity contribution is -0.140. The van der Waals surface area contributed by atoms with Crippen molar-refractivity contribution in [2.75, 3.05) is 7.11 Å². The molecule has 0 spiro atoms. The van der Waals surface area contributed by atoms with Gasteiger partial charge in [-0.25, -0.2) is 26.7 Å². The fourth-order valence-electron chi connectivity index (χ4n) is 5.02. The number of rotatable bonds is 10. The van der Waals surface area contributed by atoms with E-state index in [1.54, 1.807) is 18.2 Å². The third kappa shape index (κ3) is 7.75.